The molecule has 6 aliphatic rings. The average molecular weight is 227 g/mol. The largest absolute Gasteiger partial charge is 0.396 e. The van der Waals surface area contributed by atoms with Crippen molar-refractivity contribution < 1.29 is 5.11 Å². The Kier molecular flexibility index (Phi) is 0.890. The van der Waals surface area contributed by atoms with Gasteiger partial charge >= 0.3 is 0 Å². The van der Waals surface area contributed by atoms with E-state index >= 15 is 0 Å². The van der Waals surface area contributed by atoms with Crippen molar-refractivity contribution in [3.8, 4) is 0 Å². The minimum Gasteiger partial charge on any atom is -0.396 e. The zero-order chi connectivity index (χ0) is 11.0. The van der Waals surface area contributed by atoms with Crippen LogP contribution >= 0.6 is 0 Å². The molecule has 0 saturated heterocycles. The van der Waals surface area contributed by atoms with Crippen molar-refractivity contribution in [1.82, 2.24) is 9.97 Å². The number of hydrogen-bond acceptors (Lipinski definition) is 4. The standard InChI is InChI=1S/C13H13N3O/c17-4-12-5-8-6(12)10-7(12)9(5)13(8,10)16-11-14-2-1-3-15-11/h1-3,5-10,17H,4H2,(H,14,15,16). The Morgan fingerprint density at radius 1 is 1.06 bits per heavy atom. The van der Waals surface area contributed by atoms with Crippen LogP contribution in [0.4, 0.5) is 5.95 Å². The topological polar surface area (TPSA) is 58.0 Å². The smallest absolute Gasteiger partial charge is 0.223 e. The van der Waals surface area contributed by atoms with Gasteiger partial charge in [-0.1, -0.05) is 0 Å². The first-order valence-electron chi connectivity index (χ1n) is 6.53. The van der Waals surface area contributed by atoms with Crippen molar-refractivity contribution in [3.05, 3.63) is 18.5 Å². The van der Waals surface area contributed by atoms with Crippen LogP contribution in [0, 0.1) is 40.9 Å². The summed E-state index contributed by atoms with van der Waals surface area (Å²) in [7, 11) is 0. The minimum absolute atomic E-state index is 0.359. The number of aromatic nitrogens is 2. The third-order valence-electron chi connectivity index (χ3n) is 7.01. The molecule has 1 aromatic rings. The van der Waals surface area contributed by atoms with Gasteiger partial charge in [-0.05, 0) is 41.6 Å². The van der Waals surface area contributed by atoms with E-state index < -0.39 is 0 Å². The lowest BCUT2D eigenvalue weighted by atomic mass is 8.94. The Labute approximate surface area is 98.5 Å². The van der Waals surface area contributed by atoms with E-state index in [0.717, 1.165) is 41.5 Å². The molecule has 0 aliphatic heterocycles. The third-order valence-corrected chi connectivity index (χ3v) is 7.01. The first kappa shape index (κ1) is 8.03. The Hall–Kier alpha value is -1.16. The second-order valence-corrected chi connectivity index (χ2v) is 6.56. The molecule has 0 spiro atoms. The Morgan fingerprint density at radius 2 is 1.65 bits per heavy atom. The number of hydrogen-bond donors (Lipinski definition) is 2. The van der Waals surface area contributed by atoms with E-state index in [1.54, 1.807) is 12.4 Å². The highest BCUT2D eigenvalue weighted by molar-refractivity contribution is 5.63. The van der Waals surface area contributed by atoms with Crippen molar-refractivity contribution in [2.45, 2.75) is 5.54 Å². The van der Waals surface area contributed by atoms with Gasteiger partial charge in [-0.15, -0.1) is 0 Å². The van der Waals surface area contributed by atoms with Crippen LogP contribution in [-0.4, -0.2) is 27.2 Å². The summed E-state index contributed by atoms with van der Waals surface area (Å²) in [6, 6.07) is 1.85. The Morgan fingerprint density at radius 3 is 2.18 bits per heavy atom. The van der Waals surface area contributed by atoms with E-state index in [9.17, 15) is 5.11 Å². The van der Waals surface area contributed by atoms with Crippen molar-refractivity contribution in [2.24, 2.45) is 40.9 Å². The summed E-state index contributed by atoms with van der Waals surface area (Å²) in [5, 5.41) is 13.2. The summed E-state index contributed by atoms with van der Waals surface area (Å²) >= 11 is 0. The van der Waals surface area contributed by atoms with E-state index in [0.29, 0.717) is 17.6 Å². The van der Waals surface area contributed by atoms with Gasteiger partial charge in [0.2, 0.25) is 5.95 Å². The fourth-order valence-corrected chi connectivity index (χ4v) is 6.87. The van der Waals surface area contributed by atoms with E-state index in [1.807, 2.05) is 6.07 Å². The Balaban J connectivity index is 1.36. The zero-order valence-electron chi connectivity index (χ0n) is 9.24. The van der Waals surface area contributed by atoms with Crippen LogP contribution in [0.15, 0.2) is 18.5 Å². The van der Waals surface area contributed by atoms with Crippen LogP contribution in [0.5, 0.6) is 0 Å². The number of aliphatic hydroxyl groups excluding tert-OH is 1. The van der Waals surface area contributed by atoms with Gasteiger partial charge in [-0.3, -0.25) is 0 Å². The molecule has 0 atom stereocenters. The second-order valence-electron chi connectivity index (χ2n) is 6.56. The summed E-state index contributed by atoms with van der Waals surface area (Å²) in [5.74, 6) is 5.80. The summed E-state index contributed by atoms with van der Waals surface area (Å²) in [5.41, 5.74) is 0.763. The Bertz CT molecular complexity index is 503. The van der Waals surface area contributed by atoms with Gasteiger partial charge in [-0.25, -0.2) is 9.97 Å². The fraction of sp³-hybridized carbons (Fsp3) is 0.692. The molecule has 4 heteroatoms. The van der Waals surface area contributed by atoms with Crippen LogP contribution in [0.2, 0.25) is 0 Å². The normalized spacial score (nSPS) is 65.5. The third kappa shape index (κ3) is 0.437. The van der Waals surface area contributed by atoms with Gasteiger partial charge in [0.05, 0.1) is 5.54 Å². The monoisotopic (exact) mass is 227 g/mol. The van der Waals surface area contributed by atoms with Crippen LogP contribution in [0.1, 0.15) is 0 Å². The van der Waals surface area contributed by atoms with Crippen LogP contribution in [0.3, 0.4) is 0 Å². The number of nitrogens with one attached hydrogen (secondary N) is 1. The molecular weight excluding hydrogens is 214 g/mol. The first-order valence-corrected chi connectivity index (χ1v) is 6.53. The highest BCUT2D eigenvalue weighted by Gasteiger charge is 3.09. The molecule has 0 aromatic carbocycles. The molecule has 6 saturated carbocycles. The molecule has 0 radical (unpaired) electrons. The summed E-state index contributed by atoms with van der Waals surface area (Å²) in [4.78, 5) is 8.57. The van der Waals surface area contributed by atoms with Crippen LogP contribution in [0.25, 0.3) is 0 Å². The van der Waals surface area contributed by atoms with E-state index in [1.165, 1.54) is 0 Å². The predicted octanol–water partition coefficient (Wildman–Crippen LogP) is 0.371. The van der Waals surface area contributed by atoms with Gasteiger partial charge in [-0.2, -0.15) is 0 Å². The highest BCUT2D eigenvalue weighted by Crippen LogP contribution is 3.07. The van der Waals surface area contributed by atoms with Gasteiger partial charge in [0.15, 0.2) is 0 Å². The molecule has 4 nitrogen and oxygen atoms in total. The molecule has 17 heavy (non-hydrogen) atoms. The maximum Gasteiger partial charge on any atom is 0.223 e. The number of rotatable bonds is 3. The van der Waals surface area contributed by atoms with Crippen LogP contribution in [-0.2, 0) is 0 Å². The SMILES string of the molecule is OCC12C3C4C1C1C2C3C41Nc1ncccn1. The molecule has 6 fully saturated rings. The fourth-order valence-electron chi connectivity index (χ4n) is 6.87. The van der Waals surface area contributed by atoms with E-state index in [-0.39, 0.29) is 0 Å². The quantitative estimate of drug-likeness (QED) is 0.783. The van der Waals surface area contributed by atoms with Crippen molar-refractivity contribution in [3.63, 3.8) is 0 Å². The maximum absolute atomic E-state index is 9.55. The highest BCUT2D eigenvalue weighted by atomic mass is 16.3. The summed E-state index contributed by atoms with van der Waals surface area (Å²) in [6.07, 6.45) is 3.60. The molecule has 0 amide bonds. The molecule has 2 N–H and O–H groups in total. The summed E-state index contributed by atoms with van der Waals surface area (Å²) < 4.78 is 0. The van der Waals surface area contributed by atoms with Crippen molar-refractivity contribution in [2.75, 3.05) is 11.9 Å². The zero-order valence-corrected chi connectivity index (χ0v) is 9.24. The molecule has 0 unspecified atom stereocenters. The number of anilines is 1. The average Bonchev–Trinajstić information content (AvgIpc) is 2.40. The molecule has 86 valence electrons. The van der Waals surface area contributed by atoms with Crippen LogP contribution < -0.4 is 5.32 Å². The first-order chi connectivity index (χ1) is 8.37. The minimum atomic E-state index is 0.359. The number of nitrogens with zero attached hydrogens (tertiary/aromatic N) is 2. The van der Waals surface area contributed by atoms with Crippen molar-refractivity contribution in [1.29, 1.82) is 0 Å². The van der Waals surface area contributed by atoms with Gasteiger partial charge in [0, 0.05) is 24.4 Å². The van der Waals surface area contributed by atoms with Gasteiger partial charge in [0.25, 0.3) is 0 Å². The van der Waals surface area contributed by atoms with Crippen molar-refractivity contribution >= 4 is 5.95 Å². The second kappa shape index (κ2) is 1.88. The predicted molar refractivity (Wildman–Crippen MR) is 58.8 cm³/mol. The molecule has 1 heterocycles. The lowest BCUT2D eigenvalue weighted by Gasteiger charge is -3.11. The summed E-state index contributed by atoms with van der Waals surface area (Å²) in [6.45, 7) is 0.439. The number of aliphatic hydroxyl groups is 1. The van der Waals surface area contributed by atoms with E-state index in [2.05, 4.69) is 15.3 Å². The lowest BCUT2D eigenvalue weighted by Crippen LogP contribution is -3.14. The van der Waals surface area contributed by atoms with E-state index in [4.69, 9.17) is 0 Å². The molecule has 6 aliphatic carbocycles. The van der Waals surface area contributed by atoms with Gasteiger partial charge in [0.1, 0.15) is 0 Å². The maximum atomic E-state index is 9.55. The molecule has 7 rings (SSSR count). The molecular formula is C13H13N3O. The van der Waals surface area contributed by atoms with Gasteiger partial charge < -0.3 is 10.4 Å². The lowest BCUT2D eigenvalue weighted by molar-refractivity contribution is -0.617. The molecule has 1 aromatic heterocycles. The molecule has 0 bridgehead atoms.